The highest BCUT2D eigenvalue weighted by Crippen LogP contribution is 2.34. The molecule has 1 aromatic carbocycles. The van der Waals surface area contributed by atoms with Gasteiger partial charge in [-0.2, -0.15) is 0 Å². The minimum atomic E-state index is -1.44. The summed E-state index contributed by atoms with van der Waals surface area (Å²) in [6.45, 7) is 2.33. The predicted molar refractivity (Wildman–Crippen MR) is 137 cm³/mol. The van der Waals surface area contributed by atoms with Crippen LogP contribution in [0.3, 0.4) is 0 Å². The molecule has 0 aliphatic carbocycles. The maximum Gasteiger partial charge on any atom is 0.251 e. The summed E-state index contributed by atoms with van der Waals surface area (Å²) >= 11 is 12.5. The second-order valence-electron chi connectivity index (χ2n) is 8.60. The Balaban J connectivity index is 1.59. The van der Waals surface area contributed by atoms with E-state index in [1.165, 1.54) is 24.1 Å². The quantitative estimate of drug-likeness (QED) is 0.287. The number of carbonyl (C=O) groups excluding carboxylic acids is 1. The van der Waals surface area contributed by atoms with Crippen LogP contribution in [0.15, 0.2) is 43.0 Å². The number of hydrogen-bond donors (Lipinski definition) is 4. The first-order chi connectivity index (χ1) is 17.8. The number of pyridine rings is 1. The van der Waals surface area contributed by atoms with Crippen molar-refractivity contribution < 1.29 is 19.7 Å². The standard InChI is InChI=1S/C24H23Cl2N7O4/c1-11-3-4-15(26)12(5-11)8-29-21-16-22(32-20(31-21)13-6-14(25)9-28-7-13)33(10-30-16)24-18(35)17(34)19(37-24)23(36)27-2/h3-7,9-10,17-19,24,34-35H,8H2,1-2H3,(H,27,36)(H,29,31,32). The molecule has 192 valence electrons. The molecule has 1 aliphatic rings. The van der Waals surface area contributed by atoms with Gasteiger partial charge in [0.05, 0.1) is 11.3 Å². The average molecular weight is 544 g/mol. The molecule has 4 aromatic rings. The zero-order chi connectivity index (χ0) is 26.3. The second kappa shape index (κ2) is 10.2. The summed E-state index contributed by atoms with van der Waals surface area (Å²) in [6, 6.07) is 7.39. The number of benzene rings is 1. The summed E-state index contributed by atoms with van der Waals surface area (Å²) in [6.07, 6.45) is -0.757. The zero-order valence-electron chi connectivity index (χ0n) is 19.8. The number of nitrogens with one attached hydrogen (secondary N) is 2. The molecule has 4 N–H and O–H groups in total. The van der Waals surface area contributed by atoms with Crippen LogP contribution >= 0.6 is 23.2 Å². The molecule has 3 aromatic heterocycles. The monoisotopic (exact) mass is 543 g/mol. The Morgan fingerprint density at radius 2 is 1.97 bits per heavy atom. The van der Waals surface area contributed by atoms with E-state index in [0.717, 1.165) is 11.1 Å². The lowest BCUT2D eigenvalue weighted by Crippen LogP contribution is -2.41. The number of halogens is 2. The van der Waals surface area contributed by atoms with Crippen LogP contribution in [0.5, 0.6) is 0 Å². The van der Waals surface area contributed by atoms with E-state index in [1.807, 2.05) is 25.1 Å². The molecule has 4 heterocycles. The number of hydrogen-bond acceptors (Lipinski definition) is 9. The van der Waals surface area contributed by atoms with Crippen molar-refractivity contribution in [3.8, 4) is 11.4 Å². The Bertz CT molecular complexity index is 1480. The number of anilines is 1. The largest absolute Gasteiger partial charge is 0.387 e. The summed E-state index contributed by atoms with van der Waals surface area (Å²) in [5.74, 6) is 0.126. The van der Waals surface area contributed by atoms with Crippen LogP contribution < -0.4 is 10.6 Å². The number of amides is 1. The van der Waals surface area contributed by atoms with E-state index in [1.54, 1.807) is 12.3 Å². The fourth-order valence-electron chi connectivity index (χ4n) is 4.16. The number of nitrogens with zero attached hydrogens (tertiary/aromatic N) is 5. The maximum atomic E-state index is 12.1. The smallest absolute Gasteiger partial charge is 0.251 e. The minimum absolute atomic E-state index is 0.290. The van der Waals surface area contributed by atoms with Gasteiger partial charge in [-0.05, 0) is 24.6 Å². The van der Waals surface area contributed by atoms with Crippen LogP contribution in [0.2, 0.25) is 10.0 Å². The van der Waals surface area contributed by atoms with Crippen LogP contribution in [0, 0.1) is 6.92 Å². The highest BCUT2D eigenvalue weighted by molar-refractivity contribution is 6.31. The Hall–Kier alpha value is -3.35. The average Bonchev–Trinajstić information content (AvgIpc) is 3.44. The van der Waals surface area contributed by atoms with Crippen LogP contribution in [0.25, 0.3) is 22.6 Å². The van der Waals surface area contributed by atoms with Gasteiger partial charge in [-0.15, -0.1) is 0 Å². The molecule has 5 rings (SSSR count). The number of ether oxygens (including phenoxy) is 1. The van der Waals surface area contributed by atoms with Crippen LogP contribution in [0.1, 0.15) is 17.4 Å². The Morgan fingerprint density at radius 3 is 2.73 bits per heavy atom. The molecule has 0 spiro atoms. The van der Waals surface area contributed by atoms with Gasteiger partial charge >= 0.3 is 0 Å². The lowest BCUT2D eigenvalue weighted by atomic mass is 10.1. The van der Waals surface area contributed by atoms with Crippen molar-refractivity contribution in [1.82, 2.24) is 29.8 Å². The highest BCUT2D eigenvalue weighted by Gasteiger charge is 2.47. The van der Waals surface area contributed by atoms with Gasteiger partial charge < -0.3 is 25.6 Å². The molecule has 13 heteroatoms. The predicted octanol–water partition coefficient (Wildman–Crippen LogP) is 2.48. The molecule has 1 saturated heterocycles. The van der Waals surface area contributed by atoms with Crippen LogP contribution in [-0.2, 0) is 16.1 Å². The van der Waals surface area contributed by atoms with E-state index in [9.17, 15) is 15.0 Å². The fraction of sp³-hybridized carbons (Fsp3) is 0.292. The number of aryl methyl sites for hydroxylation is 1. The van der Waals surface area contributed by atoms with Gasteiger partial charge in [-0.25, -0.2) is 15.0 Å². The topological polar surface area (TPSA) is 147 Å². The Labute approximate surface area is 221 Å². The van der Waals surface area contributed by atoms with Crippen molar-refractivity contribution in [1.29, 1.82) is 0 Å². The molecule has 0 radical (unpaired) electrons. The molecule has 0 bridgehead atoms. The van der Waals surface area contributed by atoms with Gasteiger partial charge in [0.1, 0.15) is 12.2 Å². The summed E-state index contributed by atoms with van der Waals surface area (Å²) < 4.78 is 7.19. The maximum absolute atomic E-state index is 12.1. The second-order valence-corrected chi connectivity index (χ2v) is 9.45. The first-order valence-electron chi connectivity index (χ1n) is 11.3. The van der Waals surface area contributed by atoms with Gasteiger partial charge in [-0.3, -0.25) is 14.3 Å². The number of carbonyl (C=O) groups is 1. The van der Waals surface area contributed by atoms with E-state index in [2.05, 4.69) is 30.6 Å². The van der Waals surface area contributed by atoms with Gasteiger partial charge in [0.2, 0.25) is 0 Å². The van der Waals surface area contributed by atoms with Crippen molar-refractivity contribution in [3.63, 3.8) is 0 Å². The number of fused-ring (bicyclic) bond motifs is 1. The van der Waals surface area contributed by atoms with E-state index < -0.39 is 30.4 Å². The summed E-state index contributed by atoms with van der Waals surface area (Å²) in [5.41, 5.74) is 3.16. The minimum Gasteiger partial charge on any atom is -0.387 e. The zero-order valence-corrected chi connectivity index (χ0v) is 21.3. The van der Waals surface area contributed by atoms with Crippen LogP contribution in [0.4, 0.5) is 5.82 Å². The molecule has 1 aliphatic heterocycles. The molecule has 4 unspecified atom stereocenters. The van der Waals surface area contributed by atoms with Crippen molar-refractivity contribution in [2.45, 2.75) is 38.0 Å². The van der Waals surface area contributed by atoms with Crippen LogP contribution in [-0.4, -0.2) is 66.0 Å². The Kier molecular flexibility index (Phi) is 6.97. The highest BCUT2D eigenvalue weighted by atomic mass is 35.5. The van der Waals surface area contributed by atoms with Gasteiger partial charge in [0.25, 0.3) is 5.91 Å². The number of rotatable bonds is 6. The molecule has 0 saturated carbocycles. The fourth-order valence-corrected chi connectivity index (χ4v) is 4.51. The van der Waals surface area contributed by atoms with E-state index in [-0.39, 0.29) is 5.82 Å². The molecule has 1 amide bonds. The van der Waals surface area contributed by atoms with Crippen molar-refractivity contribution in [2.75, 3.05) is 12.4 Å². The van der Waals surface area contributed by atoms with Crippen molar-refractivity contribution in [2.24, 2.45) is 0 Å². The molecule has 4 atom stereocenters. The van der Waals surface area contributed by atoms with Gasteiger partial charge in [0.15, 0.2) is 35.1 Å². The van der Waals surface area contributed by atoms with E-state index in [0.29, 0.717) is 39.1 Å². The number of likely N-dealkylation sites (N-methyl/N-ethyl adjacent to an activating group) is 1. The number of aliphatic hydroxyl groups excluding tert-OH is 2. The third-order valence-corrected chi connectivity index (χ3v) is 6.62. The first-order valence-corrected chi connectivity index (χ1v) is 12.1. The third-order valence-electron chi connectivity index (χ3n) is 6.05. The van der Waals surface area contributed by atoms with Gasteiger partial charge in [-0.1, -0.05) is 40.9 Å². The van der Waals surface area contributed by atoms with Gasteiger partial charge in [0, 0.05) is 36.6 Å². The normalized spacial score (nSPS) is 21.4. The number of aliphatic hydroxyl groups is 2. The third kappa shape index (κ3) is 4.83. The lowest BCUT2D eigenvalue weighted by Gasteiger charge is -2.17. The summed E-state index contributed by atoms with van der Waals surface area (Å²) in [4.78, 5) is 30.0. The first kappa shape index (κ1) is 25.3. The van der Waals surface area contributed by atoms with Crippen molar-refractivity contribution in [3.05, 3.63) is 64.2 Å². The van der Waals surface area contributed by atoms with Crippen molar-refractivity contribution >= 4 is 46.1 Å². The molecule has 37 heavy (non-hydrogen) atoms. The Morgan fingerprint density at radius 1 is 1.16 bits per heavy atom. The molecular weight excluding hydrogens is 521 g/mol. The molecule has 11 nitrogen and oxygen atoms in total. The molecule has 1 fully saturated rings. The lowest BCUT2D eigenvalue weighted by molar-refractivity contribution is -0.137. The SMILES string of the molecule is CNC(=O)C1OC(n2cnc3c(NCc4cc(C)ccc4Cl)nc(-c4cncc(Cl)c4)nc32)C(O)C1O. The molecular formula is C24H23Cl2N7O4. The summed E-state index contributed by atoms with van der Waals surface area (Å²) in [5, 5.41) is 27.8. The number of aromatic nitrogens is 5. The summed E-state index contributed by atoms with van der Waals surface area (Å²) in [7, 11) is 1.42. The van der Waals surface area contributed by atoms with E-state index >= 15 is 0 Å². The van der Waals surface area contributed by atoms with E-state index in [4.69, 9.17) is 27.9 Å². The number of imidazole rings is 1.